The first-order chi connectivity index (χ1) is 7.93. The Balaban J connectivity index is 2.78. The number of benzene rings is 1. The molecular weight excluding hydrogens is 571 g/mol. The summed E-state index contributed by atoms with van der Waals surface area (Å²) in [6.07, 6.45) is 0.454. The van der Waals surface area contributed by atoms with Crippen molar-refractivity contribution in [2.24, 2.45) is 0 Å². The van der Waals surface area contributed by atoms with Gasteiger partial charge in [0.1, 0.15) is 0 Å². The predicted octanol–water partition coefficient (Wildman–Crippen LogP) is 6.25. The van der Waals surface area contributed by atoms with Gasteiger partial charge in [-0.25, -0.2) is 0 Å². The van der Waals surface area contributed by atoms with E-state index in [9.17, 15) is 4.57 Å². The largest absolute Gasteiger partial charge is 0.557 e. The summed E-state index contributed by atoms with van der Waals surface area (Å²) in [6, 6.07) is 3.69. The van der Waals surface area contributed by atoms with Crippen LogP contribution in [-0.4, -0.2) is 16.3 Å². The van der Waals surface area contributed by atoms with E-state index in [0.717, 1.165) is 18.7 Å². The van der Waals surface area contributed by atoms with Crippen LogP contribution in [0.3, 0.4) is 0 Å². The number of halogens is 5. The first-order valence-electron chi connectivity index (χ1n) is 4.41. The Morgan fingerprint density at radius 1 is 1.24 bits per heavy atom. The molecule has 0 N–H and O–H groups in total. The quantitative estimate of drug-likeness (QED) is 0.305. The first-order valence-corrected chi connectivity index (χ1v) is 10.2. The second-order valence-electron chi connectivity index (χ2n) is 3.06. The summed E-state index contributed by atoms with van der Waals surface area (Å²) < 4.78 is 19.7. The van der Waals surface area contributed by atoms with Gasteiger partial charge in [-0.05, 0) is 48.6 Å². The third kappa shape index (κ3) is 5.57. The average Bonchev–Trinajstić information content (AvgIpc) is 2.23. The SMILES string of the molecule is O=[P+](CC(Br)CBr)Oc1c(Br)cc(Br)cc1Br. The Bertz CT molecular complexity index is 403. The van der Waals surface area contributed by atoms with E-state index in [1.165, 1.54) is 0 Å². The third-order valence-corrected chi connectivity index (χ3v) is 7.23. The Kier molecular flexibility index (Phi) is 7.75. The maximum atomic E-state index is 11.8. The molecule has 2 unspecified atom stereocenters. The van der Waals surface area contributed by atoms with Crippen LogP contribution in [-0.2, 0) is 4.57 Å². The molecule has 0 aromatic heterocycles. The minimum absolute atomic E-state index is 0.138. The van der Waals surface area contributed by atoms with Crippen molar-refractivity contribution in [3.05, 3.63) is 25.6 Å². The molecular formula is C9H7Br5O2P+. The highest BCUT2D eigenvalue weighted by Gasteiger charge is 2.26. The summed E-state index contributed by atoms with van der Waals surface area (Å²) in [4.78, 5) is 0.138. The van der Waals surface area contributed by atoms with E-state index in [-0.39, 0.29) is 4.83 Å². The fraction of sp³-hybridized carbons (Fsp3) is 0.333. The lowest BCUT2D eigenvalue weighted by atomic mass is 10.3. The number of alkyl halides is 2. The minimum Gasteiger partial charge on any atom is -0.252 e. The second kappa shape index (κ2) is 7.95. The summed E-state index contributed by atoms with van der Waals surface area (Å²) in [5.74, 6) is 0.559. The van der Waals surface area contributed by atoms with Crippen molar-refractivity contribution in [2.75, 3.05) is 11.5 Å². The van der Waals surface area contributed by atoms with Gasteiger partial charge in [0.15, 0.2) is 6.16 Å². The maximum absolute atomic E-state index is 11.8. The van der Waals surface area contributed by atoms with Gasteiger partial charge in [-0.15, -0.1) is 0 Å². The summed E-state index contributed by atoms with van der Waals surface area (Å²) in [5, 5.41) is 0.736. The van der Waals surface area contributed by atoms with Crippen LogP contribution in [0.4, 0.5) is 0 Å². The van der Waals surface area contributed by atoms with Crippen LogP contribution < -0.4 is 4.52 Å². The zero-order chi connectivity index (χ0) is 13.0. The molecule has 0 aliphatic rings. The molecule has 8 heteroatoms. The van der Waals surface area contributed by atoms with Crippen molar-refractivity contribution in [3.63, 3.8) is 0 Å². The van der Waals surface area contributed by atoms with Crippen LogP contribution >= 0.6 is 87.7 Å². The van der Waals surface area contributed by atoms with Crippen molar-refractivity contribution in [2.45, 2.75) is 4.83 Å². The summed E-state index contributed by atoms with van der Waals surface area (Å²) in [7, 11) is -1.75. The molecule has 2 nitrogen and oxygen atoms in total. The highest BCUT2D eigenvalue weighted by molar-refractivity contribution is 9.12. The zero-order valence-corrected chi connectivity index (χ0v) is 17.1. The molecule has 2 atom stereocenters. The van der Waals surface area contributed by atoms with Gasteiger partial charge < -0.3 is 0 Å². The number of hydrogen-bond acceptors (Lipinski definition) is 2. The van der Waals surface area contributed by atoms with Crippen LogP contribution in [0.1, 0.15) is 0 Å². The molecule has 17 heavy (non-hydrogen) atoms. The molecule has 0 saturated heterocycles. The standard InChI is InChI=1S/C9H7Br5O2P/c10-3-6(12)4-17(15)16-9-7(13)1-5(11)2-8(9)14/h1-2,6H,3-4H2/q+1. The molecule has 0 bridgehead atoms. The number of hydrogen-bond donors (Lipinski definition) is 0. The summed E-state index contributed by atoms with van der Waals surface area (Å²) >= 11 is 16.8. The second-order valence-corrected chi connectivity index (χ2v) is 8.84. The fourth-order valence-electron chi connectivity index (χ4n) is 0.966. The monoisotopic (exact) mass is 573 g/mol. The van der Waals surface area contributed by atoms with Gasteiger partial charge in [-0.3, -0.25) is 4.52 Å². The van der Waals surface area contributed by atoms with Crippen molar-refractivity contribution in [3.8, 4) is 5.75 Å². The molecule has 1 aromatic rings. The van der Waals surface area contributed by atoms with Gasteiger partial charge in [0, 0.05) is 9.80 Å². The lowest BCUT2D eigenvalue weighted by molar-refractivity contribution is 0.502. The lowest BCUT2D eigenvalue weighted by Gasteiger charge is -2.03. The predicted molar refractivity (Wildman–Crippen MR) is 89.2 cm³/mol. The molecule has 0 aliphatic carbocycles. The maximum Gasteiger partial charge on any atom is 0.557 e. The molecule has 0 amide bonds. The molecule has 0 fully saturated rings. The van der Waals surface area contributed by atoms with Crippen molar-refractivity contribution < 1.29 is 9.09 Å². The van der Waals surface area contributed by atoms with Crippen LogP contribution in [0.15, 0.2) is 25.6 Å². The molecule has 1 rings (SSSR count). The van der Waals surface area contributed by atoms with E-state index in [1.807, 2.05) is 12.1 Å². The van der Waals surface area contributed by atoms with Crippen molar-refractivity contribution in [1.82, 2.24) is 0 Å². The topological polar surface area (TPSA) is 26.3 Å². The molecule has 0 saturated carbocycles. The fourth-order valence-corrected chi connectivity index (χ4v) is 5.86. The Morgan fingerprint density at radius 3 is 2.24 bits per heavy atom. The van der Waals surface area contributed by atoms with Gasteiger partial charge in [-0.2, -0.15) is 0 Å². The molecule has 0 spiro atoms. The van der Waals surface area contributed by atoms with E-state index in [1.54, 1.807) is 0 Å². The van der Waals surface area contributed by atoms with Gasteiger partial charge in [-0.1, -0.05) is 47.8 Å². The lowest BCUT2D eigenvalue weighted by Crippen LogP contribution is -2.04. The Hall–Kier alpha value is 1.52. The number of rotatable bonds is 5. The van der Waals surface area contributed by atoms with E-state index in [4.69, 9.17) is 4.52 Å². The van der Waals surface area contributed by atoms with Gasteiger partial charge in [0.2, 0.25) is 5.75 Å². The van der Waals surface area contributed by atoms with E-state index >= 15 is 0 Å². The molecule has 0 radical (unpaired) electrons. The molecule has 0 heterocycles. The normalized spacial score (nSPS) is 13.4. The average molecular weight is 578 g/mol. The van der Waals surface area contributed by atoms with Crippen molar-refractivity contribution >= 4 is 87.7 Å². The Morgan fingerprint density at radius 2 is 1.76 bits per heavy atom. The first kappa shape index (κ1) is 16.6. The van der Waals surface area contributed by atoms with Crippen LogP contribution in [0.25, 0.3) is 0 Å². The highest BCUT2D eigenvalue weighted by Crippen LogP contribution is 2.41. The third-order valence-electron chi connectivity index (χ3n) is 1.67. The minimum atomic E-state index is -1.75. The summed E-state index contributed by atoms with van der Waals surface area (Å²) in [5.41, 5.74) is 0. The zero-order valence-electron chi connectivity index (χ0n) is 8.30. The van der Waals surface area contributed by atoms with E-state index in [2.05, 4.69) is 79.6 Å². The highest BCUT2D eigenvalue weighted by atomic mass is 79.9. The summed E-state index contributed by atoms with van der Waals surface area (Å²) in [6.45, 7) is 0. The van der Waals surface area contributed by atoms with Gasteiger partial charge >= 0.3 is 8.03 Å². The van der Waals surface area contributed by atoms with Crippen LogP contribution in [0, 0.1) is 0 Å². The van der Waals surface area contributed by atoms with E-state index in [0.29, 0.717) is 11.9 Å². The molecule has 0 aliphatic heterocycles. The van der Waals surface area contributed by atoms with Gasteiger partial charge in [0.05, 0.1) is 13.8 Å². The molecule has 94 valence electrons. The molecule has 1 aromatic carbocycles. The Labute approximate surface area is 143 Å². The van der Waals surface area contributed by atoms with E-state index < -0.39 is 8.03 Å². The van der Waals surface area contributed by atoms with Gasteiger partial charge in [0.25, 0.3) is 0 Å². The van der Waals surface area contributed by atoms with Crippen LogP contribution in [0.2, 0.25) is 0 Å². The van der Waals surface area contributed by atoms with Crippen LogP contribution in [0.5, 0.6) is 5.75 Å². The van der Waals surface area contributed by atoms with Crippen molar-refractivity contribution in [1.29, 1.82) is 0 Å². The smallest absolute Gasteiger partial charge is 0.252 e.